The third-order valence-corrected chi connectivity index (χ3v) is 2.62. The van der Waals surface area contributed by atoms with Gasteiger partial charge in [-0.15, -0.1) is 0 Å². The number of aliphatic hydroxyl groups excluding tert-OH is 1. The smallest absolute Gasteiger partial charge is 0.169 e. The van der Waals surface area contributed by atoms with Gasteiger partial charge in [0, 0.05) is 0 Å². The summed E-state index contributed by atoms with van der Waals surface area (Å²) in [5.41, 5.74) is 0.732. The maximum Gasteiger partial charge on any atom is 0.169 e. The largest absolute Gasteiger partial charge is 0.494 e. The zero-order valence-electron chi connectivity index (χ0n) is 11.0. The molecule has 0 radical (unpaired) electrons. The molecule has 0 aliphatic rings. The number of rotatable bonds is 6. The Bertz CT molecular complexity index is 412. The molecular weight excluding hydrogens is 230 g/mol. The monoisotopic (exact) mass is 249 g/mol. The van der Waals surface area contributed by atoms with Gasteiger partial charge >= 0.3 is 0 Å². The Morgan fingerprint density at radius 2 is 2.11 bits per heavy atom. The van der Waals surface area contributed by atoms with Gasteiger partial charge in [0.1, 0.15) is 5.75 Å². The molecule has 0 aliphatic heterocycles. The van der Waals surface area contributed by atoms with Crippen molar-refractivity contribution in [3.63, 3.8) is 0 Å². The summed E-state index contributed by atoms with van der Waals surface area (Å²) in [6.07, 6.45) is -1.71. The van der Waals surface area contributed by atoms with Crippen molar-refractivity contribution in [2.45, 2.75) is 39.1 Å². The first-order valence-electron chi connectivity index (χ1n) is 6.04. The lowest BCUT2D eigenvalue weighted by Gasteiger charge is -2.20. The lowest BCUT2D eigenvalue weighted by Crippen LogP contribution is -2.24. The summed E-state index contributed by atoms with van der Waals surface area (Å²) in [4.78, 5) is 0. The Kier molecular flexibility index (Phi) is 5.63. The summed E-state index contributed by atoms with van der Waals surface area (Å²) in [6.45, 7) is 5.85. The fraction of sp³-hybridized carbons (Fsp3) is 0.500. The van der Waals surface area contributed by atoms with Crippen LogP contribution in [-0.2, 0) is 4.74 Å². The Labute approximate surface area is 108 Å². The Morgan fingerprint density at radius 1 is 1.39 bits per heavy atom. The Hall–Kier alpha value is -1.57. The van der Waals surface area contributed by atoms with Gasteiger partial charge in [0.15, 0.2) is 6.10 Å². The van der Waals surface area contributed by atoms with Crippen molar-refractivity contribution in [3.05, 3.63) is 29.8 Å². The lowest BCUT2D eigenvalue weighted by atomic mass is 10.1. The van der Waals surface area contributed by atoms with E-state index in [0.29, 0.717) is 12.4 Å². The number of hydrogen-bond acceptors (Lipinski definition) is 4. The van der Waals surface area contributed by atoms with E-state index in [-0.39, 0.29) is 0 Å². The van der Waals surface area contributed by atoms with Gasteiger partial charge in [0.2, 0.25) is 0 Å². The first-order chi connectivity index (χ1) is 8.58. The van der Waals surface area contributed by atoms with Crippen LogP contribution in [0.25, 0.3) is 0 Å². The zero-order valence-corrected chi connectivity index (χ0v) is 11.0. The number of ether oxygens (including phenoxy) is 2. The highest BCUT2D eigenvalue weighted by Crippen LogP contribution is 2.23. The van der Waals surface area contributed by atoms with Crippen molar-refractivity contribution >= 4 is 0 Å². The van der Waals surface area contributed by atoms with E-state index < -0.39 is 18.3 Å². The SMILES string of the molecule is CCOc1cccc(C(C#N)OC(C)C(C)O)c1. The van der Waals surface area contributed by atoms with Crippen LogP contribution >= 0.6 is 0 Å². The number of benzene rings is 1. The predicted octanol–water partition coefficient (Wildman–Crippen LogP) is 2.44. The fourth-order valence-electron chi connectivity index (χ4n) is 1.45. The van der Waals surface area contributed by atoms with Crippen LogP contribution in [-0.4, -0.2) is 23.9 Å². The van der Waals surface area contributed by atoms with Crippen LogP contribution in [0.15, 0.2) is 24.3 Å². The van der Waals surface area contributed by atoms with Crippen LogP contribution in [0, 0.1) is 11.3 Å². The Balaban J connectivity index is 2.82. The molecule has 0 amide bonds. The van der Waals surface area contributed by atoms with Gasteiger partial charge in [-0.2, -0.15) is 5.26 Å². The summed E-state index contributed by atoms with van der Waals surface area (Å²) in [5.74, 6) is 0.712. The molecular formula is C14H19NO3. The highest BCUT2D eigenvalue weighted by Gasteiger charge is 2.18. The van der Waals surface area contributed by atoms with E-state index in [2.05, 4.69) is 6.07 Å². The summed E-state index contributed by atoms with van der Waals surface area (Å²) < 4.78 is 10.9. The molecule has 0 bridgehead atoms. The van der Waals surface area contributed by atoms with E-state index in [1.807, 2.05) is 25.1 Å². The average Bonchev–Trinajstić information content (AvgIpc) is 2.36. The molecule has 3 atom stereocenters. The molecule has 3 unspecified atom stereocenters. The molecule has 0 aromatic heterocycles. The van der Waals surface area contributed by atoms with E-state index in [1.165, 1.54) is 0 Å². The highest BCUT2D eigenvalue weighted by molar-refractivity contribution is 5.32. The molecule has 0 saturated carbocycles. The molecule has 18 heavy (non-hydrogen) atoms. The molecule has 1 aromatic carbocycles. The molecule has 1 aromatic rings. The molecule has 0 saturated heterocycles. The third kappa shape index (κ3) is 4.02. The van der Waals surface area contributed by atoms with Gasteiger partial charge in [-0.3, -0.25) is 0 Å². The van der Waals surface area contributed by atoms with Gasteiger partial charge in [-0.05, 0) is 38.5 Å². The van der Waals surface area contributed by atoms with Crippen molar-refractivity contribution in [2.24, 2.45) is 0 Å². The average molecular weight is 249 g/mol. The van der Waals surface area contributed by atoms with Crippen molar-refractivity contribution < 1.29 is 14.6 Å². The van der Waals surface area contributed by atoms with E-state index in [9.17, 15) is 5.11 Å². The summed E-state index contributed by atoms with van der Waals surface area (Å²) >= 11 is 0. The molecule has 0 aliphatic carbocycles. The van der Waals surface area contributed by atoms with Gasteiger partial charge in [-0.25, -0.2) is 0 Å². The first-order valence-corrected chi connectivity index (χ1v) is 6.04. The molecule has 0 spiro atoms. The van der Waals surface area contributed by atoms with Crippen LogP contribution in [0.1, 0.15) is 32.4 Å². The topological polar surface area (TPSA) is 62.5 Å². The summed E-state index contributed by atoms with van der Waals surface area (Å²) in [7, 11) is 0. The fourth-order valence-corrected chi connectivity index (χ4v) is 1.45. The van der Waals surface area contributed by atoms with Crippen LogP contribution in [0.5, 0.6) is 5.75 Å². The van der Waals surface area contributed by atoms with Crippen molar-refractivity contribution in [2.75, 3.05) is 6.61 Å². The number of nitriles is 1. The predicted molar refractivity (Wildman–Crippen MR) is 68.2 cm³/mol. The number of hydrogen-bond donors (Lipinski definition) is 1. The van der Waals surface area contributed by atoms with Crippen LogP contribution in [0.4, 0.5) is 0 Å². The minimum Gasteiger partial charge on any atom is -0.494 e. The molecule has 4 heteroatoms. The van der Waals surface area contributed by atoms with Crippen LogP contribution in [0.3, 0.4) is 0 Å². The van der Waals surface area contributed by atoms with Gasteiger partial charge in [0.25, 0.3) is 0 Å². The Morgan fingerprint density at radius 3 is 2.67 bits per heavy atom. The summed E-state index contributed by atoms with van der Waals surface area (Å²) in [6, 6.07) is 9.33. The molecule has 98 valence electrons. The van der Waals surface area contributed by atoms with Crippen LogP contribution in [0.2, 0.25) is 0 Å². The second kappa shape index (κ2) is 7.00. The van der Waals surface area contributed by atoms with Crippen molar-refractivity contribution in [1.29, 1.82) is 5.26 Å². The first kappa shape index (κ1) is 14.5. The van der Waals surface area contributed by atoms with Crippen molar-refractivity contribution in [1.82, 2.24) is 0 Å². The zero-order chi connectivity index (χ0) is 13.5. The number of nitrogens with zero attached hydrogens (tertiary/aromatic N) is 1. The van der Waals surface area contributed by atoms with E-state index in [0.717, 1.165) is 5.56 Å². The maximum atomic E-state index is 9.39. The molecule has 0 fully saturated rings. The minimum absolute atomic E-state index is 0.398. The standard InChI is InChI=1S/C14H19NO3/c1-4-17-13-7-5-6-12(8-13)14(9-15)18-11(3)10(2)16/h5-8,10-11,14,16H,4H2,1-3H3. The number of aliphatic hydroxyl groups is 1. The van der Waals surface area contributed by atoms with E-state index in [4.69, 9.17) is 14.7 Å². The lowest BCUT2D eigenvalue weighted by molar-refractivity contribution is -0.0426. The third-order valence-electron chi connectivity index (χ3n) is 2.62. The maximum absolute atomic E-state index is 9.39. The van der Waals surface area contributed by atoms with Crippen molar-refractivity contribution in [3.8, 4) is 11.8 Å². The molecule has 1 rings (SSSR count). The molecule has 0 heterocycles. The van der Waals surface area contributed by atoms with Gasteiger partial charge in [0.05, 0.1) is 24.9 Å². The van der Waals surface area contributed by atoms with E-state index in [1.54, 1.807) is 19.9 Å². The van der Waals surface area contributed by atoms with Gasteiger partial charge < -0.3 is 14.6 Å². The van der Waals surface area contributed by atoms with E-state index >= 15 is 0 Å². The normalized spacial score (nSPS) is 15.5. The molecule has 4 nitrogen and oxygen atoms in total. The highest BCUT2D eigenvalue weighted by atomic mass is 16.5. The minimum atomic E-state index is -0.699. The quantitative estimate of drug-likeness (QED) is 0.841. The second-order valence-corrected chi connectivity index (χ2v) is 4.10. The molecule has 1 N–H and O–H groups in total. The summed E-state index contributed by atoms with van der Waals surface area (Å²) in [5, 5.41) is 18.5. The second-order valence-electron chi connectivity index (χ2n) is 4.10. The van der Waals surface area contributed by atoms with Gasteiger partial charge in [-0.1, -0.05) is 12.1 Å². The van der Waals surface area contributed by atoms with Crippen LogP contribution < -0.4 is 4.74 Å².